The number of hydrogen-bond donors (Lipinski definition) is 0. The Hall–Kier alpha value is -2.69. The molecule has 0 bridgehead atoms. The Balaban J connectivity index is 1.80. The number of carbonyl (C=O) groups excluding carboxylic acids is 2. The SMILES string of the molecule is CCN(C(=O)c1cccc(C(=O)N2CCC(C)CC2)n1)c1ccccc1. The van der Waals surface area contributed by atoms with Gasteiger partial charge in [-0.3, -0.25) is 9.59 Å². The number of para-hydroxylation sites is 1. The van der Waals surface area contributed by atoms with E-state index in [-0.39, 0.29) is 11.8 Å². The van der Waals surface area contributed by atoms with Crippen LogP contribution in [0.5, 0.6) is 0 Å². The molecule has 3 rings (SSSR count). The monoisotopic (exact) mass is 351 g/mol. The molecule has 2 aromatic rings. The molecule has 1 fully saturated rings. The number of benzene rings is 1. The van der Waals surface area contributed by atoms with Crippen molar-refractivity contribution in [2.24, 2.45) is 5.92 Å². The summed E-state index contributed by atoms with van der Waals surface area (Å²) >= 11 is 0. The lowest BCUT2D eigenvalue weighted by atomic mass is 9.99. The lowest BCUT2D eigenvalue weighted by molar-refractivity contribution is 0.0691. The van der Waals surface area contributed by atoms with Gasteiger partial charge in [0.15, 0.2) is 0 Å². The molecule has 0 unspecified atom stereocenters. The second kappa shape index (κ2) is 8.13. The number of pyridine rings is 1. The van der Waals surface area contributed by atoms with E-state index in [1.54, 1.807) is 23.1 Å². The molecule has 1 aliphatic heterocycles. The van der Waals surface area contributed by atoms with Gasteiger partial charge in [0.2, 0.25) is 0 Å². The van der Waals surface area contributed by atoms with Crippen LogP contribution in [0.2, 0.25) is 0 Å². The van der Waals surface area contributed by atoms with E-state index in [1.165, 1.54) is 0 Å². The fraction of sp³-hybridized carbons (Fsp3) is 0.381. The number of hydrogen-bond acceptors (Lipinski definition) is 3. The van der Waals surface area contributed by atoms with E-state index < -0.39 is 0 Å². The highest BCUT2D eigenvalue weighted by atomic mass is 16.2. The number of carbonyl (C=O) groups is 2. The summed E-state index contributed by atoms with van der Waals surface area (Å²) in [6.45, 7) is 6.18. The van der Waals surface area contributed by atoms with Crippen molar-refractivity contribution in [2.75, 3.05) is 24.5 Å². The standard InChI is InChI=1S/C21H25N3O2/c1-3-24(17-8-5-4-6-9-17)21(26)19-11-7-10-18(22-19)20(25)23-14-12-16(2)13-15-23/h4-11,16H,3,12-15H2,1-2H3. The van der Waals surface area contributed by atoms with E-state index in [1.807, 2.05) is 42.2 Å². The second-order valence-electron chi connectivity index (χ2n) is 6.77. The van der Waals surface area contributed by atoms with Gasteiger partial charge in [0.05, 0.1) is 0 Å². The minimum Gasteiger partial charge on any atom is -0.337 e. The molecule has 0 atom stereocenters. The fourth-order valence-corrected chi connectivity index (χ4v) is 3.24. The normalized spacial score (nSPS) is 14.9. The van der Waals surface area contributed by atoms with E-state index in [2.05, 4.69) is 11.9 Å². The molecule has 2 amide bonds. The topological polar surface area (TPSA) is 53.5 Å². The van der Waals surface area contributed by atoms with Gasteiger partial charge in [0, 0.05) is 25.3 Å². The Morgan fingerprint density at radius 2 is 1.69 bits per heavy atom. The zero-order valence-corrected chi connectivity index (χ0v) is 15.4. The first-order valence-corrected chi connectivity index (χ1v) is 9.23. The molecule has 0 saturated carbocycles. The van der Waals surface area contributed by atoms with Crippen molar-refractivity contribution in [3.63, 3.8) is 0 Å². The van der Waals surface area contributed by atoms with Crippen molar-refractivity contribution in [2.45, 2.75) is 26.7 Å². The van der Waals surface area contributed by atoms with Gasteiger partial charge in [-0.05, 0) is 49.9 Å². The molecular weight excluding hydrogens is 326 g/mol. The molecule has 0 spiro atoms. The van der Waals surface area contributed by atoms with Crippen molar-refractivity contribution < 1.29 is 9.59 Å². The number of nitrogens with zero attached hydrogens (tertiary/aromatic N) is 3. The van der Waals surface area contributed by atoms with E-state index in [9.17, 15) is 9.59 Å². The number of aromatic nitrogens is 1. The van der Waals surface area contributed by atoms with Gasteiger partial charge in [-0.25, -0.2) is 4.98 Å². The van der Waals surface area contributed by atoms with Gasteiger partial charge < -0.3 is 9.80 Å². The van der Waals surface area contributed by atoms with Crippen LogP contribution in [0.15, 0.2) is 48.5 Å². The smallest absolute Gasteiger partial charge is 0.276 e. The number of anilines is 1. The first-order chi connectivity index (χ1) is 12.6. The van der Waals surface area contributed by atoms with Gasteiger partial charge >= 0.3 is 0 Å². The van der Waals surface area contributed by atoms with Crippen LogP contribution in [-0.2, 0) is 0 Å². The predicted octanol–water partition coefficient (Wildman–Crippen LogP) is 3.62. The average Bonchev–Trinajstić information content (AvgIpc) is 2.69. The average molecular weight is 351 g/mol. The number of amides is 2. The van der Waals surface area contributed by atoms with Crippen molar-refractivity contribution in [1.82, 2.24) is 9.88 Å². The molecule has 1 aromatic carbocycles. The van der Waals surface area contributed by atoms with Crippen LogP contribution in [-0.4, -0.2) is 41.3 Å². The van der Waals surface area contributed by atoms with Crippen LogP contribution in [0.4, 0.5) is 5.69 Å². The molecule has 0 N–H and O–H groups in total. The Kier molecular flexibility index (Phi) is 5.66. The molecule has 1 saturated heterocycles. The van der Waals surface area contributed by atoms with Gasteiger partial charge in [-0.15, -0.1) is 0 Å². The minimum atomic E-state index is -0.194. The van der Waals surface area contributed by atoms with Crippen molar-refractivity contribution in [3.05, 3.63) is 59.9 Å². The van der Waals surface area contributed by atoms with Gasteiger partial charge in [-0.1, -0.05) is 31.2 Å². The summed E-state index contributed by atoms with van der Waals surface area (Å²) in [6, 6.07) is 14.6. The van der Waals surface area contributed by atoms with Crippen molar-refractivity contribution >= 4 is 17.5 Å². The highest BCUT2D eigenvalue weighted by Crippen LogP contribution is 2.19. The highest BCUT2D eigenvalue weighted by molar-refractivity contribution is 6.05. The fourth-order valence-electron chi connectivity index (χ4n) is 3.24. The Morgan fingerprint density at radius 1 is 1.04 bits per heavy atom. The first-order valence-electron chi connectivity index (χ1n) is 9.23. The Labute approximate surface area is 154 Å². The van der Waals surface area contributed by atoms with Crippen molar-refractivity contribution in [1.29, 1.82) is 0 Å². The van der Waals surface area contributed by atoms with Crippen LogP contribution in [0.25, 0.3) is 0 Å². The molecule has 5 nitrogen and oxygen atoms in total. The highest BCUT2D eigenvalue weighted by Gasteiger charge is 2.24. The molecule has 0 aliphatic carbocycles. The molecule has 2 heterocycles. The van der Waals surface area contributed by atoms with E-state index >= 15 is 0 Å². The summed E-state index contributed by atoms with van der Waals surface area (Å²) < 4.78 is 0. The number of rotatable bonds is 4. The number of likely N-dealkylation sites (tertiary alicyclic amines) is 1. The largest absolute Gasteiger partial charge is 0.337 e. The summed E-state index contributed by atoms with van der Waals surface area (Å²) in [5.74, 6) is 0.374. The van der Waals surface area contributed by atoms with Crippen molar-refractivity contribution in [3.8, 4) is 0 Å². The summed E-state index contributed by atoms with van der Waals surface area (Å²) in [4.78, 5) is 33.5. The van der Waals surface area contributed by atoms with E-state index in [0.29, 0.717) is 23.9 Å². The van der Waals surface area contributed by atoms with Crippen LogP contribution >= 0.6 is 0 Å². The predicted molar refractivity (Wildman–Crippen MR) is 102 cm³/mol. The third-order valence-corrected chi connectivity index (χ3v) is 4.89. The lowest BCUT2D eigenvalue weighted by Gasteiger charge is -2.30. The minimum absolute atomic E-state index is 0.0886. The lowest BCUT2D eigenvalue weighted by Crippen LogP contribution is -2.38. The molecule has 5 heteroatoms. The maximum atomic E-state index is 12.9. The zero-order valence-electron chi connectivity index (χ0n) is 15.4. The van der Waals surface area contributed by atoms with Crippen LogP contribution in [0, 0.1) is 5.92 Å². The summed E-state index contributed by atoms with van der Waals surface area (Å²) in [6.07, 6.45) is 2.03. The molecule has 136 valence electrons. The van der Waals surface area contributed by atoms with Gasteiger partial charge in [0.25, 0.3) is 11.8 Å². The van der Waals surface area contributed by atoms with Crippen LogP contribution < -0.4 is 4.90 Å². The molecule has 26 heavy (non-hydrogen) atoms. The number of piperidine rings is 1. The van der Waals surface area contributed by atoms with Gasteiger partial charge in [-0.2, -0.15) is 0 Å². The van der Waals surface area contributed by atoms with E-state index in [0.717, 1.165) is 31.6 Å². The first kappa shape index (κ1) is 18.1. The van der Waals surface area contributed by atoms with Crippen LogP contribution in [0.3, 0.4) is 0 Å². The molecule has 1 aliphatic rings. The molecular formula is C21H25N3O2. The summed E-state index contributed by atoms with van der Waals surface area (Å²) in [5, 5.41) is 0. The zero-order chi connectivity index (χ0) is 18.5. The Morgan fingerprint density at radius 3 is 2.35 bits per heavy atom. The maximum absolute atomic E-state index is 12.9. The maximum Gasteiger partial charge on any atom is 0.276 e. The molecule has 0 radical (unpaired) electrons. The molecule has 1 aromatic heterocycles. The van der Waals surface area contributed by atoms with E-state index in [4.69, 9.17) is 0 Å². The second-order valence-corrected chi connectivity index (χ2v) is 6.77. The summed E-state index contributed by atoms with van der Waals surface area (Å²) in [7, 11) is 0. The quantitative estimate of drug-likeness (QED) is 0.845. The Bertz CT molecular complexity index is 768. The third kappa shape index (κ3) is 3.93. The van der Waals surface area contributed by atoms with Gasteiger partial charge in [0.1, 0.15) is 11.4 Å². The summed E-state index contributed by atoms with van der Waals surface area (Å²) in [5.41, 5.74) is 1.46. The third-order valence-electron chi connectivity index (χ3n) is 4.89. The van der Waals surface area contributed by atoms with Crippen LogP contribution in [0.1, 0.15) is 47.7 Å².